The molecule has 5 nitrogen and oxygen atoms in total. The molecule has 56 valence electrons. The first-order chi connectivity index (χ1) is 5.27. The van der Waals surface area contributed by atoms with Gasteiger partial charge in [-0.1, -0.05) is 0 Å². The van der Waals surface area contributed by atoms with Crippen molar-refractivity contribution in [1.29, 1.82) is 0 Å². The summed E-state index contributed by atoms with van der Waals surface area (Å²) in [5.74, 6) is 1.29. The van der Waals surface area contributed by atoms with Crippen molar-refractivity contribution in [2.75, 3.05) is 5.73 Å². The summed E-state index contributed by atoms with van der Waals surface area (Å²) < 4.78 is 1.79. The molecular weight excluding hydrogens is 142 g/mol. The van der Waals surface area contributed by atoms with Gasteiger partial charge in [-0.15, -0.1) is 10.2 Å². The largest absolute Gasteiger partial charge is 0.382 e. The minimum atomic E-state index is 0.473. The Labute approximate surface area is 62.9 Å². The molecule has 0 spiro atoms. The molecule has 0 aliphatic rings. The minimum absolute atomic E-state index is 0.473. The van der Waals surface area contributed by atoms with E-state index in [1.807, 2.05) is 6.92 Å². The van der Waals surface area contributed by atoms with E-state index in [9.17, 15) is 0 Å². The van der Waals surface area contributed by atoms with Crippen molar-refractivity contribution < 1.29 is 0 Å². The van der Waals surface area contributed by atoms with Crippen LogP contribution in [0.5, 0.6) is 0 Å². The molecule has 0 bridgehead atoms. The van der Waals surface area contributed by atoms with Gasteiger partial charge in [0.15, 0.2) is 5.65 Å². The van der Waals surface area contributed by atoms with Gasteiger partial charge in [-0.25, -0.2) is 4.98 Å². The van der Waals surface area contributed by atoms with Crippen LogP contribution in [0.3, 0.4) is 0 Å². The van der Waals surface area contributed by atoms with E-state index in [1.54, 1.807) is 16.8 Å². The van der Waals surface area contributed by atoms with Crippen LogP contribution in [0.25, 0.3) is 5.65 Å². The molecule has 5 heteroatoms. The molecule has 11 heavy (non-hydrogen) atoms. The molecule has 0 saturated carbocycles. The van der Waals surface area contributed by atoms with Gasteiger partial charge < -0.3 is 5.73 Å². The highest BCUT2D eigenvalue weighted by atomic mass is 15.2. The SMILES string of the molecule is Cc1nnc2cnc(N)cn12. The zero-order valence-electron chi connectivity index (χ0n) is 6.02. The highest BCUT2D eigenvalue weighted by Crippen LogP contribution is 2.02. The maximum absolute atomic E-state index is 5.46. The summed E-state index contributed by atoms with van der Waals surface area (Å²) in [6.07, 6.45) is 3.29. The summed E-state index contributed by atoms with van der Waals surface area (Å²) in [4.78, 5) is 3.88. The quantitative estimate of drug-likeness (QED) is 0.573. The molecular formula is C6H7N5. The second-order valence-corrected chi connectivity index (χ2v) is 2.29. The van der Waals surface area contributed by atoms with E-state index in [0.29, 0.717) is 5.82 Å². The van der Waals surface area contributed by atoms with Gasteiger partial charge in [0.25, 0.3) is 0 Å². The maximum Gasteiger partial charge on any atom is 0.179 e. The predicted octanol–water partition coefficient (Wildman–Crippen LogP) is 0.0149. The van der Waals surface area contributed by atoms with Crippen molar-refractivity contribution in [2.45, 2.75) is 6.92 Å². The lowest BCUT2D eigenvalue weighted by molar-refractivity contribution is 1.00. The van der Waals surface area contributed by atoms with Crippen LogP contribution in [0.15, 0.2) is 12.4 Å². The Morgan fingerprint density at radius 1 is 1.45 bits per heavy atom. The fourth-order valence-corrected chi connectivity index (χ4v) is 0.931. The van der Waals surface area contributed by atoms with Crippen molar-refractivity contribution in [1.82, 2.24) is 19.6 Å². The molecule has 0 amide bonds. The number of hydrogen-bond acceptors (Lipinski definition) is 4. The molecule has 0 atom stereocenters. The van der Waals surface area contributed by atoms with Crippen molar-refractivity contribution in [3.8, 4) is 0 Å². The maximum atomic E-state index is 5.46. The van der Waals surface area contributed by atoms with Crippen LogP contribution in [0, 0.1) is 6.92 Å². The van der Waals surface area contributed by atoms with Crippen LogP contribution < -0.4 is 5.73 Å². The fraction of sp³-hybridized carbons (Fsp3) is 0.167. The Balaban J connectivity index is 2.87. The number of nitrogen functional groups attached to an aromatic ring is 1. The lowest BCUT2D eigenvalue weighted by atomic mass is 10.6. The number of hydrogen-bond donors (Lipinski definition) is 1. The summed E-state index contributed by atoms with van der Waals surface area (Å²) >= 11 is 0. The summed E-state index contributed by atoms with van der Waals surface area (Å²) in [6, 6.07) is 0. The number of nitrogens with zero attached hydrogens (tertiary/aromatic N) is 4. The topological polar surface area (TPSA) is 69.1 Å². The Hall–Kier alpha value is -1.65. The first kappa shape index (κ1) is 6.09. The average molecular weight is 149 g/mol. The number of nitrogens with two attached hydrogens (primary N) is 1. The molecule has 0 radical (unpaired) electrons. The van der Waals surface area contributed by atoms with Crippen LogP contribution in [0.1, 0.15) is 5.82 Å². The first-order valence-electron chi connectivity index (χ1n) is 3.20. The Morgan fingerprint density at radius 3 is 3.09 bits per heavy atom. The van der Waals surface area contributed by atoms with Gasteiger partial charge in [-0.2, -0.15) is 0 Å². The van der Waals surface area contributed by atoms with Gasteiger partial charge >= 0.3 is 0 Å². The highest BCUT2D eigenvalue weighted by Gasteiger charge is 1.99. The van der Waals surface area contributed by atoms with Gasteiger partial charge in [0.05, 0.1) is 12.4 Å². The van der Waals surface area contributed by atoms with Crippen molar-refractivity contribution in [3.63, 3.8) is 0 Å². The van der Waals surface area contributed by atoms with Gasteiger partial charge in [0.1, 0.15) is 11.6 Å². The third-order valence-corrected chi connectivity index (χ3v) is 1.48. The van der Waals surface area contributed by atoms with Crippen LogP contribution in [-0.4, -0.2) is 19.6 Å². The van der Waals surface area contributed by atoms with Crippen molar-refractivity contribution >= 4 is 11.5 Å². The molecule has 0 saturated heterocycles. The average Bonchev–Trinajstić information content (AvgIpc) is 2.33. The third-order valence-electron chi connectivity index (χ3n) is 1.48. The van der Waals surface area contributed by atoms with E-state index in [0.717, 1.165) is 11.5 Å². The number of anilines is 1. The standard InChI is InChI=1S/C6H7N5/c1-4-9-10-6-2-8-5(7)3-11(4)6/h2-3H,7H2,1H3. The highest BCUT2D eigenvalue weighted by molar-refractivity contribution is 5.39. The van der Waals surface area contributed by atoms with Crippen LogP contribution in [0.4, 0.5) is 5.82 Å². The molecule has 0 aromatic carbocycles. The molecule has 0 unspecified atom stereocenters. The predicted molar refractivity (Wildman–Crippen MR) is 39.9 cm³/mol. The summed E-state index contributed by atoms with van der Waals surface area (Å²) in [5, 5.41) is 7.71. The number of fused-ring (bicyclic) bond motifs is 1. The van der Waals surface area contributed by atoms with Crippen LogP contribution >= 0.6 is 0 Å². The monoisotopic (exact) mass is 149 g/mol. The molecule has 2 heterocycles. The lowest BCUT2D eigenvalue weighted by Gasteiger charge is -1.93. The second kappa shape index (κ2) is 1.91. The molecule has 2 N–H and O–H groups in total. The second-order valence-electron chi connectivity index (χ2n) is 2.29. The van der Waals surface area contributed by atoms with E-state index in [4.69, 9.17) is 5.73 Å². The summed E-state index contributed by atoms with van der Waals surface area (Å²) in [6.45, 7) is 1.86. The van der Waals surface area contributed by atoms with E-state index in [-0.39, 0.29) is 0 Å². The van der Waals surface area contributed by atoms with Gasteiger partial charge in [0, 0.05) is 0 Å². The zero-order valence-corrected chi connectivity index (χ0v) is 6.02. The van der Waals surface area contributed by atoms with E-state index >= 15 is 0 Å². The Kier molecular flexibility index (Phi) is 1.06. The molecule has 2 aromatic rings. The fourth-order valence-electron chi connectivity index (χ4n) is 0.931. The third kappa shape index (κ3) is 0.813. The Morgan fingerprint density at radius 2 is 2.27 bits per heavy atom. The van der Waals surface area contributed by atoms with Crippen LogP contribution in [-0.2, 0) is 0 Å². The van der Waals surface area contributed by atoms with Crippen molar-refractivity contribution in [3.05, 3.63) is 18.2 Å². The normalized spacial score (nSPS) is 10.6. The summed E-state index contributed by atoms with van der Waals surface area (Å²) in [5.41, 5.74) is 6.18. The van der Waals surface area contributed by atoms with Gasteiger partial charge in [-0.05, 0) is 6.92 Å². The van der Waals surface area contributed by atoms with E-state index in [1.165, 1.54) is 0 Å². The van der Waals surface area contributed by atoms with E-state index < -0.39 is 0 Å². The lowest BCUT2D eigenvalue weighted by Crippen LogP contribution is -1.95. The molecule has 0 aliphatic heterocycles. The smallest absolute Gasteiger partial charge is 0.179 e. The van der Waals surface area contributed by atoms with Crippen LogP contribution in [0.2, 0.25) is 0 Å². The first-order valence-corrected chi connectivity index (χ1v) is 3.20. The minimum Gasteiger partial charge on any atom is -0.382 e. The van der Waals surface area contributed by atoms with Gasteiger partial charge in [0.2, 0.25) is 0 Å². The number of aromatic nitrogens is 4. The molecule has 2 aromatic heterocycles. The molecule has 0 fully saturated rings. The van der Waals surface area contributed by atoms with E-state index in [2.05, 4.69) is 15.2 Å². The number of rotatable bonds is 0. The summed E-state index contributed by atoms with van der Waals surface area (Å²) in [7, 11) is 0. The molecule has 2 rings (SSSR count). The molecule has 0 aliphatic carbocycles. The van der Waals surface area contributed by atoms with Gasteiger partial charge in [-0.3, -0.25) is 4.40 Å². The Bertz CT molecular complexity index is 391. The van der Waals surface area contributed by atoms with Crippen molar-refractivity contribution in [2.24, 2.45) is 0 Å². The zero-order chi connectivity index (χ0) is 7.84. The number of aryl methyl sites for hydroxylation is 1.